The zero-order valence-corrected chi connectivity index (χ0v) is 10.9. The van der Waals surface area contributed by atoms with E-state index in [-0.39, 0.29) is 11.7 Å². The number of rotatable bonds is 8. The van der Waals surface area contributed by atoms with E-state index < -0.39 is 7.37 Å². The van der Waals surface area contributed by atoms with Crippen molar-refractivity contribution in [3.63, 3.8) is 0 Å². The number of carbonyl (C=O) groups is 1. The van der Waals surface area contributed by atoms with E-state index in [4.69, 9.17) is 9.26 Å². The first-order valence-electron chi connectivity index (χ1n) is 5.09. The average molecular weight is 236 g/mol. The average Bonchev–Trinajstić information content (AvgIpc) is 2.13. The Balaban J connectivity index is 4.04. The number of methoxy groups -OCH3 is 1. The second-order valence-corrected chi connectivity index (χ2v) is 6.73. The molecule has 0 aliphatic rings. The molecule has 0 aliphatic carbocycles. The van der Waals surface area contributed by atoms with E-state index >= 15 is 0 Å². The molecule has 0 saturated carbocycles. The van der Waals surface area contributed by atoms with Gasteiger partial charge in [0.2, 0.25) is 0 Å². The predicted octanol–water partition coefficient (Wildman–Crippen LogP) is 2.17. The van der Waals surface area contributed by atoms with Crippen molar-refractivity contribution in [2.45, 2.75) is 19.8 Å². The summed E-state index contributed by atoms with van der Waals surface area (Å²) in [4.78, 5) is 11.2. The third kappa shape index (κ3) is 8.79. The van der Waals surface area contributed by atoms with E-state index in [2.05, 4.69) is 0 Å². The minimum Gasteiger partial charge on any atom is -0.384 e. The molecule has 0 bridgehead atoms. The van der Waals surface area contributed by atoms with Crippen LogP contribution in [-0.2, 0) is 18.6 Å². The van der Waals surface area contributed by atoms with Crippen molar-refractivity contribution >= 4 is 13.2 Å². The van der Waals surface area contributed by atoms with Crippen molar-refractivity contribution in [3.8, 4) is 0 Å². The lowest BCUT2D eigenvalue weighted by molar-refractivity contribution is -0.120. The number of Topliss-reactive ketones (excluding diaryl/α,β-unsaturated/α-hetero) is 1. The van der Waals surface area contributed by atoms with E-state index in [1.54, 1.807) is 20.4 Å². The molecule has 0 unspecified atom stereocenters. The maximum absolute atomic E-state index is 11.3. The molecule has 0 aromatic carbocycles. The summed E-state index contributed by atoms with van der Waals surface area (Å²) in [5, 5.41) is 0. The Morgan fingerprint density at radius 2 is 1.93 bits per heavy atom. The number of ketones is 1. The summed E-state index contributed by atoms with van der Waals surface area (Å²) in [6, 6.07) is 0. The summed E-state index contributed by atoms with van der Waals surface area (Å²) < 4.78 is 21.5. The quantitative estimate of drug-likeness (QED) is 0.606. The molecule has 15 heavy (non-hydrogen) atoms. The first-order valence-corrected chi connectivity index (χ1v) is 7.61. The second-order valence-electron chi connectivity index (χ2n) is 3.97. The lowest BCUT2D eigenvalue weighted by Crippen LogP contribution is -2.18. The van der Waals surface area contributed by atoms with Crippen LogP contribution in [-0.4, -0.2) is 39.4 Å². The monoisotopic (exact) mass is 236 g/mol. The van der Waals surface area contributed by atoms with Gasteiger partial charge in [-0.05, 0) is 0 Å². The van der Waals surface area contributed by atoms with Gasteiger partial charge in [-0.15, -0.1) is 0 Å². The van der Waals surface area contributed by atoms with Crippen LogP contribution in [0.15, 0.2) is 0 Å². The number of carbonyl (C=O) groups excluding carboxylic acids is 1. The van der Waals surface area contributed by atoms with E-state index in [1.165, 1.54) is 0 Å². The van der Waals surface area contributed by atoms with Gasteiger partial charge in [0, 0.05) is 39.2 Å². The Kier molecular flexibility index (Phi) is 7.07. The van der Waals surface area contributed by atoms with Crippen molar-refractivity contribution in [1.82, 2.24) is 0 Å². The van der Waals surface area contributed by atoms with Gasteiger partial charge < -0.3 is 9.26 Å². The van der Waals surface area contributed by atoms with Gasteiger partial charge in [0.15, 0.2) is 7.37 Å². The highest BCUT2D eigenvalue weighted by Crippen LogP contribution is 2.37. The molecule has 5 heteroatoms. The minimum atomic E-state index is -2.46. The van der Waals surface area contributed by atoms with Gasteiger partial charge in [-0.25, -0.2) is 0 Å². The largest absolute Gasteiger partial charge is 0.384 e. The maximum atomic E-state index is 11.3. The van der Waals surface area contributed by atoms with Gasteiger partial charge in [-0.1, -0.05) is 6.92 Å². The molecule has 4 nitrogen and oxygen atoms in total. The Hall–Kier alpha value is -0.180. The smallest absolute Gasteiger partial charge is 0.197 e. The van der Waals surface area contributed by atoms with Gasteiger partial charge in [-0.3, -0.25) is 9.36 Å². The molecular weight excluding hydrogens is 215 g/mol. The third-order valence-corrected chi connectivity index (χ3v) is 2.71. The Morgan fingerprint density at radius 3 is 2.33 bits per heavy atom. The predicted molar refractivity (Wildman–Crippen MR) is 60.7 cm³/mol. The van der Waals surface area contributed by atoms with Crippen LogP contribution < -0.4 is 0 Å². The molecule has 0 aromatic heterocycles. The Morgan fingerprint density at radius 1 is 1.33 bits per heavy atom. The van der Waals surface area contributed by atoms with Crippen LogP contribution in [0.2, 0.25) is 0 Å². The lowest BCUT2D eigenvalue weighted by Gasteiger charge is -2.17. The summed E-state index contributed by atoms with van der Waals surface area (Å²) in [7, 11) is -0.878. The van der Waals surface area contributed by atoms with Crippen molar-refractivity contribution in [3.05, 3.63) is 0 Å². The topological polar surface area (TPSA) is 52.6 Å². The fourth-order valence-electron chi connectivity index (χ4n) is 1.15. The highest BCUT2D eigenvalue weighted by molar-refractivity contribution is 7.57. The Bertz CT molecular complexity index is 234. The van der Waals surface area contributed by atoms with Crippen LogP contribution in [0, 0.1) is 5.92 Å². The summed E-state index contributed by atoms with van der Waals surface area (Å²) in [5.41, 5.74) is 0. The molecule has 0 radical (unpaired) electrons. The second kappa shape index (κ2) is 7.15. The highest BCUT2D eigenvalue weighted by atomic mass is 31.2. The van der Waals surface area contributed by atoms with Gasteiger partial charge in [0.25, 0.3) is 0 Å². The van der Waals surface area contributed by atoms with E-state index in [1.807, 2.05) is 6.92 Å². The number of hydrogen-bond acceptors (Lipinski definition) is 4. The molecule has 0 heterocycles. The van der Waals surface area contributed by atoms with Crippen LogP contribution in [0.4, 0.5) is 0 Å². The first-order chi connectivity index (χ1) is 6.89. The van der Waals surface area contributed by atoms with Gasteiger partial charge in [0.05, 0.1) is 13.2 Å². The lowest BCUT2D eigenvalue weighted by atomic mass is 10.0. The van der Waals surface area contributed by atoms with Crippen LogP contribution in [0.1, 0.15) is 19.8 Å². The SMILES string of the molecule is CCC(=O)C[C@@H](COC)COP(C)(C)=O. The summed E-state index contributed by atoms with van der Waals surface area (Å²) in [6.45, 7) is 5.75. The van der Waals surface area contributed by atoms with Gasteiger partial charge in [0.1, 0.15) is 5.78 Å². The fraction of sp³-hybridized carbons (Fsp3) is 0.900. The number of ether oxygens (including phenoxy) is 1. The molecule has 1 atom stereocenters. The first kappa shape index (κ1) is 14.8. The van der Waals surface area contributed by atoms with Gasteiger partial charge in [-0.2, -0.15) is 0 Å². The standard InChI is InChI=1S/C10H21O4P/c1-5-10(11)6-9(7-13-2)8-14-15(3,4)12/h9H,5-8H2,1-4H3/t9-/m0/s1. The van der Waals surface area contributed by atoms with Crippen molar-refractivity contribution < 1.29 is 18.6 Å². The third-order valence-electron chi connectivity index (χ3n) is 1.93. The van der Waals surface area contributed by atoms with Crippen molar-refractivity contribution in [2.24, 2.45) is 5.92 Å². The van der Waals surface area contributed by atoms with Gasteiger partial charge >= 0.3 is 0 Å². The summed E-state index contributed by atoms with van der Waals surface area (Å²) in [5.74, 6) is 0.193. The van der Waals surface area contributed by atoms with E-state index in [0.29, 0.717) is 26.1 Å². The Labute approximate surface area is 91.8 Å². The molecular formula is C10H21O4P. The zero-order valence-electron chi connectivity index (χ0n) is 9.99. The van der Waals surface area contributed by atoms with Crippen LogP contribution in [0.25, 0.3) is 0 Å². The summed E-state index contributed by atoms with van der Waals surface area (Å²) in [6.07, 6.45) is 0.959. The molecule has 0 amide bonds. The molecule has 0 spiro atoms. The zero-order chi connectivity index (χ0) is 11.9. The molecule has 0 fully saturated rings. The van der Waals surface area contributed by atoms with E-state index in [0.717, 1.165) is 0 Å². The highest BCUT2D eigenvalue weighted by Gasteiger charge is 2.16. The normalized spacial score (nSPS) is 13.9. The molecule has 0 aromatic rings. The van der Waals surface area contributed by atoms with Crippen LogP contribution >= 0.6 is 7.37 Å². The van der Waals surface area contributed by atoms with Crippen molar-refractivity contribution in [2.75, 3.05) is 33.7 Å². The maximum Gasteiger partial charge on any atom is 0.197 e. The fourth-order valence-corrected chi connectivity index (χ4v) is 1.72. The molecule has 0 saturated heterocycles. The van der Waals surface area contributed by atoms with E-state index in [9.17, 15) is 9.36 Å². The number of hydrogen-bond donors (Lipinski definition) is 0. The molecule has 0 aliphatic heterocycles. The van der Waals surface area contributed by atoms with Crippen LogP contribution in [0.3, 0.4) is 0 Å². The molecule has 0 rings (SSSR count). The molecule has 90 valence electrons. The van der Waals surface area contributed by atoms with Crippen LogP contribution in [0.5, 0.6) is 0 Å². The molecule has 0 N–H and O–H groups in total. The minimum absolute atomic E-state index is 0.00988. The summed E-state index contributed by atoms with van der Waals surface area (Å²) >= 11 is 0. The van der Waals surface area contributed by atoms with Crippen molar-refractivity contribution in [1.29, 1.82) is 0 Å².